The van der Waals surface area contributed by atoms with Gasteiger partial charge in [-0.1, -0.05) is 0 Å². The molecule has 2 atom stereocenters. The van der Waals surface area contributed by atoms with Crippen LogP contribution in [0.1, 0.15) is 32.1 Å². The van der Waals surface area contributed by atoms with E-state index in [9.17, 15) is 19.5 Å². The predicted octanol–water partition coefficient (Wildman–Crippen LogP) is 0.241. The van der Waals surface area contributed by atoms with Crippen molar-refractivity contribution in [2.24, 2.45) is 5.92 Å². The number of carboxylic acids is 1. The molecule has 7 heteroatoms. The summed E-state index contributed by atoms with van der Waals surface area (Å²) in [7, 11) is 3.32. The number of nitrogens with zero attached hydrogens (tertiary/aromatic N) is 1. The van der Waals surface area contributed by atoms with Crippen LogP contribution in [0.25, 0.3) is 0 Å². The molecule has 1 heterocycles. The zero-order valence-corrected chi connectivity index (χ0v) is 12.6. The first-order valence-electron chi connectivity index (χ1n) is 7.22. The van der Waals surface area contributed by atoms with Crippen molar-refractivity contribution in [1.82, 2.24) is 10.2 Å². The number of ether oxygens (including phenoxy) is 1. The highest BCUT2D eigenvalue weighted by Gasteiger charge is 2.31. The van der Waals surface area contributed by atoms with Gasteiger partial charge in [-0.2, -0.15) is 0 Å². The molecule has 0 aromatic carbocycles. The third-order valence-electron chi connectivity index (χ3n) is 3.54. The minimum absolute atomic E-state index is 0.0433. The summed E-state index contributed by atoms with van der Waals surface area (Å²) in [6, 6.07) is -0.914. The summed E-state index contributed by atoms with van der Waals surface area (Å²) in [5, 5.41) is 11.8. The van der Waals surface area contributed by atoms with Crippen LogP contribution in [0.4, 0.5) is 0 Å². The third-order valence-corrected chi connectivity index (χ3v) is 3.54. The van der Waals surface area contributed by atoms with Crippen molar-refractivity contribution in [2.45, 2.75) is 38.1 Å². The van der Waals surface area contributed by atoms with Crippen molar-refractivity contribution in [3.8, 4) is 0 Å². The molecule has 0 radical (unpaired) electrons. The van der Waals surface area contributed by atoms with Gasteiger partial charge in [0.15, 0.2) is 0 Å². The lowest BCUT2D eigenvalue weighted by molar-refractivity contribution is -0.145. The Morgan fingerprint density at radius 3 is 2.57 bits per heavy atom. The second kappa shape index (κ2) is 8.61. The quantitative estimate of drug-likeness (QED) is 0.702. The van der Waals surface area contributed by atoms with Crippen molar-refractivity contribution in [3.63, 3.8) is 0 Å². The molecule has 1 fully saturated rings. The van der Waals surface area contributed by atoms with Crippen LogP contribution in [0.5, 0.6) is 0 Å². The smallest absolute Gasteiger partial charge is 0.326 e. The molecule has 0 bridgehead atoms. The normalized spacial score (nSPS) is 19.6. The molecule has 0 spiro atoms. The molecule has 120 valence electrons. The van der Waals surface area contributed by atoms with Crippen LogP contribution in [-0.2, 0) is 19.1 Å². The van der Waals surface area contributed by atoms with Gasteiger partial charge in [-0.25, -0.2) is 4.79 Å². The van der Waals surface area contributed by atoms with Crippen molar-refractivity contribution < 1.29 is 24.2 Å². The number of carbonyl (C=O) groups is 3. The van der Waals surface area contributed by atoms with E-state index >= 15 is 0 Å². The SMILES string of the molecule is CN(C)C(=O)CCCC(=O)NC(C(=O)O)C1CCCOC1. The molecule has 2 N–H and O–H groups in total. The summed E-state index contributed by atoms with van der Waals surface area (Å²) in [5.41, 5.74) is 0. The predicted molar refractivity (Wildman–Crippen MR) is 75.7 cm³/mol. The second-order valence-electron chi connectivity index (χ2n) is 5.50. The zero-order valence-electron chi connectivity index (χ0n) is 12.6. The van der Waals surface area contributed by atoms with E-state index in [1.807, 2.05) is 0 Å². The van der Waals surface area contributed by atoms with Crippen LogP contribution in [0, 0.1) is 5.92 Å². The summed E-state index contributed by atoms with van der Waals surface area (Å²) in [5.74, 6) is -1.61. The number of rotatable bonds is 7. The second-order valence-corrected chi connectivity index (χ2v) is 5.50. The standard InChI is InChI=1S/C14H24N2O5/c1-16(2)12(18)7-3-6-11(17)15-13(14(19)20)10-5-4-8-21-9-10/h10,13H,3-9H2,1-2H3,(H,15,17)(H,19,20). The van der Waals surface area contributed by atoms with Gasteiger partial charge in [0, 0.05) is 39.5 Å². The average Bonchev–Trinajstić information content (AvgIpc) is 2.45. The minimum atomic E-state index is -1.04. The molecular weight excluding hydrogens is 276 g/mol. The van der Waals surface area contributed by atoms with Gasteiger partial charge >= 0.3 is 5.97 Å². The van der Waals surface area contributed by atoms with Crippen LogP contribution in [0.3, 0.4) is 0 Å². The maximum absolute atomic E-state index is 11.8. The lowest BCUT2D eigenvalue weighted by atomic mass is 9.93. The number of amides is 2. The zero-order chi connectivity index (χ0) is 15.8. The highest BCUT2D eigenvalue weighted by molar-refractivity contribution is 5.84. The van der Waals surface area contributed by atoms with E-state index in [2.05, 4.69) is 5.32 Å². The van der Waals surface area contributed by atoms with Gasteiger partial charge in [0.05, 0.1) is 6.61 Å². The Bertz CT molecular complexity index is 378. The maximum Gasteiger partial charge on any atom is 0.326 e. The van der Waals surface area contributed by atoms with E-state index < -0.39 is 12.0 Å². The van der Waals surface area contributed by atoms with Gasteiger partial charge in [-0.3, -0.25) is 9.59 Å². The van der Waals surface area contributed by atoms with Crippen molar-refractivity contribution in [1.29, 1.82) is 0 Å². The number of carboxylic acid groups (broad SMARTS) is 1. The van der Waals surface area contributed by atoms with Crippen LogP contribution < -0.4 is 5.32 Å². The van der Waals surface area contributed by atoms with Gasteiger partial charge in [0.1, 0.15) is 6.04 Å². The fourth-order valence-electron chi connectivity index (χ4n) is 2.28. The Kier molecular flexibility index (Phi) is 7.14. The van der Waals surface area contributed by atoms with Crippen LogP contribution in [0.15, 0.2) is 0 Å². The Labute approximate surface area is 124 Å². The highest BCUT2D eigenvalue weighted by atomic mass is 16.5. The molecule has 7 nitrogen and oxygen atoms in total. The molecule has 21 heavy (non-hydrogen) atoms. The van der Waals surface area contributed by atoms with E-state index in [0.29, 0.717) is 19.6 Å². The number of carbonyl (C=O) groups excluding carboxylic acids is 2. The van der Waals surface area contributed by atoms with Gasteiger partial charge in [-0.15, -0.1) is 0 Å². The summed E-state index contributed by atoms with van der Waals surface area (Å²) in [4.78, 5) is 35.9. The van der Waals surface area contributed by atoms with E-state index in [4.69, 9.17) is 4.74 Å². The largest absolute Gasteiger partial charge is 0.480 e. The summed E-state index contributed by atoms with van der Waals surface area (Å²) < 4.78 is 5.27. The molecule has 1 rings (SSSR count). The summed E-state index contributed by atoms with van der Waals surface area (Å²) in [6.07, 6.45) is 2.38. The summed E-state index contributed by atoms with van der Waals surface area (Å²) in [6.45, 7) is 1.000. The van der Waals surface area contributed by atoms with E-state index in [1.54, 1.807) is 14.1 Å². The fourth-order valence-corrected chi connectivity index (χ4v) is 2.28. The molecule has 0 saturated carbocycles. The molecule has 0 aromatic heterocycles. The molecule has 1 aliphatic heterocycles. The minimum Gasteiger partial charge on any atom is -0.480 e. The molecular formula is C14H24N2O5. The number of hydrogen-bond donors (Lipinski definition) is 2. The first-order valence-corrected chi connectivity index (χ1v) is 7.22. The number of hydrogen-bond acceptors (Lipinski definition) is 4. The highest BCUT2D eigenvalue weighted by Crippen LogP contribution is 2.18. The first kappa shape index (κ1) is 17.4. The third kappa shape index (κ3) is 6.12. The van der Waals surface area contributed by atoms with E-state index in [1.165, 1.54) is 4.90 Å². The fraction of sp³-hybridized carbons (Fsp3) is 0.786. The van der Waals surface area contributed by atoms with Crippen molar-refractivity contribution >= 4 is 17.8 Å². The Morgan fingerprint density at radius 2 is 2.05 bits per heavy atom. The van der Waals surface area contributed by atoms with Crippen LogP contribution in [-0.4, -0.2) is 61.1 Å². The van der Waals surface area contributed by atoms with Gasteiger partial charge in [0.25, 0.3) is 0 Å². The first-order chi connectivity index (χ1) is 9.91. The molecule has 0 aliphatic carbocycles. The van der Waals surface area contributed by atoms with E-state index in [-0.39, 0.29) is 30.6 Å². The molecule has 2 unspecified atom stereocenters. The van der Waals surface area contributed by atoms with Crippen LogP contribution in [0.2, 0.25) is 0 Å². The maximum atomic E-state index is 11.8. The van der Waals surface area contributed by atoms with Gasteiger partial charge < -0.3 is 20.1 Å². The number of aliphatic carboxylic acids is 1. The van der Waals surface area contributed by atoms with Crippen LogP contribution >= 0.6 is 0 Å². The van der Waals surface area contributed by atoms with Gasteiger partial charge in [0.2, 0.25) is 11.8 Å². The molecule has 1 aliphatic rings. The lowest BCUT2D eigenvalue weighted by Crippen LogP contribution is -2.48. The molecule has 0 aromatic rings. The molecule has 2 amide bonds. The monoisotopic (exact) mass is 300 g/mol. The topological polar surface area (TPSA) is 95.9 Å². The van der Waals surface area contributed by atoms with Gasteiger partial charge in [-0.05, 0) is 19.3 Å². The Hall–Kier alpha value is -1.63. The van der Waals surface area contributed by atoms with E-state index in [0.717, 1.165) is 12.8 Å². The average molecular weight is 300 g/mol. The molecule has 1 saturated heterocycles. The lowest BCUT2D eigenvalue weighted by Gasteiger charge is -2.28. The van der Waals surface area contributed by atoms with Crippen molar-refractivity contribution in [2.75, 3.05) is 27.3 Å². The Morgan fingerprint density at radius 1 is 1.33 bits per heavy atom. The Balaban J connectivity index is 2.38. The number of nitrogens with one attached hydrogen (secondary N) is 1. The van der Waals surface area contributed by atoms with Crippen molar-refractivity contribution in [3.05, 3.63) is 0 Å². The summed E-state index contributed by atoms with van der Waals surface area (Å²) >= 11 is 0.